The molecule has 1 atom stereocenters. The Morgan fingerprint density at radius 2 is 2.24 bits per heavy atom. The lowest BCUT2D eigenvalue weighted by molar-refractivity contribution is 0.598. The van der Waals surface area contributed by atoms with Gasteiger partial charge >= 0.3 is 0 Å². The van der Waals surface area contributed by atoms with Crippen molar-refractivity contribution >= 4 is 27.5 Å². The lowest BCUT2D eigenvalue weighted by atomic mass is 10.1. The van der Waals surface area contributed by atoms with E-state index in [9.17, 15) is 8.42 Å². The second kappa shape index (κ2) is 4.88. The van der Waals surface area contributed by atoms with Gasteiger partial charge in [-0.05, 0) is 36.8 Å². The molecule has 1 unspecified atom stereocenters. The molecule has 3 N–H and O–H groups in total. The zero-order chi connectivity index (χ0) is 12.5. The molecule has 1 aromatic carbocycles. The van der Waals surface area contributed by atoms with Crippen LogP contribution in [0.1, 0.15) is 12.0 Å². The standard InChI is InChI=1S/C11H16N2O2S2/c1-8-2-3-10(17(12,14)15)6-11(8)13-9-4-5-16-7-9/h2-3,6,9,13H,4-5,7H2,1H3,(H2,12,14,15). The SMILES string of the molecule is Cc1ccc(S(N)(=O)=O)cc1NC1CCSC1. The number of primary sulfonamides is 1. The quantitative estimate of drug-likeness (QED) is 0.876. The van der Waals surface area contributed by atoms with Crippen molar-refractivity contribution < 1.29 is 8.42 Å². The third-order valence-electron chi connectivity index (χ3n) is 2.83. The van der Waals surface area contributed by atoms with Gasteiger partial charge in [0, 0.05) is 17.5 Å². The van der Waals surface area contributed by atoms with Gasteiger partial charge in [-0.25, -0.2) is 13.6 Å². The summed E-state index contributed by atoms with van der Waals surface area (Å²) in [7, 11) is -3.62. The van der Waals surface area contributed by atoms with Crippen LogP contribution in [-0.2, 0) is 10.0 Å². The Kier molecular flexibility index (Phi) is 3.65. The summed E-state index contributed by atoms with van der Waals surface area (Å²) < 4.78 is 22.6. The minimum atomic E-state index is -3.62. The number of sulfonamides is 1. The fourth-order valence-corrected chi connectivity index (χ4v) is 3.49. The molecule has 1 aromatic rings. The van der Waals surface area contributed by atoms with Crippen molar-refractivity contribution in [2.75, 3.05) is 16.8 Å². The number of hydrogen-bond acceptors (Lipinski definition) is 4. The molecule has 0 bridgehead atoms. The summed E-state index contributed by atoms with van der Waals surface area (Å²) in [6.07, 6.45) is 1.11. The molecule has 1 heterocycles. The molecule has 0 radical (unpaired) electrons. The van der Waals surface area contributed by atoms with Gasteiger partial charge in [0.1, 0.15) is 0 Å². The largest absolute Gasteiger partial charge is 0.381 e. The van der Waals surface area contributed by atoms with Gasteiger partial charge in [0.25, 0.3) is 0 Å². The molecule has 0 spiro atoms. The van der Waals surface area contributed by atoms with Crippen LogP contribution in [0, 0.1) is 6.92 Å². The van der Waals surface area contributed by atoms with Crippen LogP contribution in [0.25, 0.3) is 0 Å². The Morgan fingerprint density at radius 3 is 2.82 bits per heavy atom. The Balaban J connectivity index is 2.26. The van der Waals surface area contributed by atoms with Gasteiger partial charge in [-0.3, -0.25) is 0 Å². The van der Waals surface area contributed by atoms with Crippen molar-refractivity contribution in [3.8, 4) is 0 Å². The molecular formula is C11H16N2O2S2. The highest BCUT2D eigenvalue weighted by atomic mass is 32.2. The molecule has 4 nitrogen and oxygen atoms in total. The van der Waals surface area contributed by atoms with Crippen molar-refractivity contribution in [3.05, 3.63) is 23.8 Å². The maximum Gasteiger partial charge on any atom is 0.238 e. The highest BCUT2D eigenvalue weighted by Crippen LogP contribution is 2.25. The number of anilines is 1. The first-order valence-electron chi connectivity index (χ1n) is 5.44. The van der Waals surface area contributed by atoms with E-state index in [-0.39, 0.29) is 4.90 Å². The fraction of sp³-hybridized carbons (Fsp3) is 0.455. The van der Waals surface area contributed by atoms with Crippen molar-refractivity contribution in [1.82, 2.24) is 0 Å². The summed E-state index contributed by atoms with van der Waals surface area (Å²) >= 11 is 1.91. The lowest BCUT2D eigenvalue weighted by Gasteiger charge is -2.15. The number of hydrogen-bond donors (Lipinski definition) is 2. The van der Waals surface area contributed by atoms with E-state index in [1.54, 1.807) is 18.2 Å². The molecule has 2 rings (SSSR count). The van der Waals surface area contributed by atoms with Gasteiger partial charge < -0.3 is 5.32 Å². The molecule has 1 aliphatic rings. The topological polar surface area (TPSA) is 72.2 Å². The molecular weight excluding hydrogens is 256 g/mol. The van der Waals surface area contributed by atoms with Gasteiger partial charge in [-0.1, -0.05) is 6.07 Å². The summed E-state index contributed by atoms with van der Waals surface area (Å²) in [5.74, 6) is 2.23. The average Bonchev–Trinajstić information content (AvgIpc) is 2.72. The minimum Gasteiger partial charge on any atom is -0.381 e. The number of nitrogens with two attached hydrogens (primary N) is 1. The predicted molar refractivity (Wildman–Crippen MR) is 71.9 cm³/mol. The second-order valence-electron chi connectivity index (χ2n) is 4.23. The third kappa shape index (κ3) is 3.14. The summed E-state index contributed by atoms with van der Waals surface area (Å²) in [4.78, 5) is 0.163. The summed E-state index contributed by atoms with van der Waals surface area (Å²) in [6, 6.07) is 5.37. The summed E-state index contributed by atoms with van der Waals surface area (Å²) in [5.41, 5.74) is 1.90. The molecule has 1 fully saturated rings. The highest BCUT2D eigenvalue weighted by molar-refractivity contribution is 7.99. The van der Waals surface area contributed by atoms with Crippen LogP contribution in [0.4, 0.5) is 5.69 Å². The number of rotatable bonds is 3. The van der Waals surface area contributed by atoms with E-state index < -0.39 is 10.0 Å². The highest BCUT2D eigenvalue weighted by Gasteiger charge is 2.17. The predicted octanol–water partition coefficient (Wildman–Crippen LogP) is 1.56. The molecule has 17 heavy (non-hydrogen) atoms. The maximum absolute atomic E-state index is 11.3. The molecule has 6 heteroatoms. The average molecular weight is 272 g/mol. The molecule has 1 saturated heterocycles. The van der Waals surface area contributed by atoms with E-state index in [4.69, 9.17) is 5.14 Å². The van der Waals surface area contributed by atoms with Crippen LogP contribution in [-0.4, -0.2) is 26.0 Å². The molecule has 0 aliphatic carbocycles. The zero-order valence-corrected chi connectivity index (χ0v) is 11.3. The molecule has 0 saturated carbocycles. The Bertz CT molecular complexity index is 508. The van der Waals surface area contributed by atoms with Gasteiger partial charge in [0.2, 0.25) is 10.0 Å². The van der Waals surface area contributed by atoms with E-state index in [2.05, 4.69) is 5.32 Å². The van der Waals surface area contributed by atoms with E-state index in [0.717, 1.165) is 29.2 Å². The smallest absolute Gasteiger partial charge is 0.238 e. The number of nitrogens with one attached hydrogen (secondary N) is 1. The second-order valence-corrected chi connectivity index (χ2v) is 6.94. The fourth-order valence-electron chi connectivity index (χ4n) is 1.80. The van der Waals surface area contributed by atoms with Crippen LogP contribution in [0.2, 0.25) is 0 Å². The van der Waals surface area contributed by atoms with Crippen molar-refractivity contribution in [2.45, 2.75) is 24.3 Å². The number of aryl methyl sites for hydroxylation is 1. The first-order valence-corrected chi connectivity index (χ1v) is 8.14. The van der Waals surface area contributed by atoms with Gasteiger partial charge in [-0.2, -0.15) is 11.8 Å². The van der Waals surface area contributed by atoms with Crippen LogP contribution in [0.3, 0.4) is 0 Å². The van der Waals surface area contributed by atoms with Gasteiger partial charge in [0.15, 0.2) is 0 Å². The zero-order valence-electron chi connectivity index (χ0n) is 9.64. The summed E-state index contributed by atoms with van der Waals surface area (Å²) in [6.45, 7) is 1.96. The van der Waals surface area contributed by atoms with Crippen LogP contribution >= 0.6 is 11.8 Å². The minimum absolute atomic E-state index is 0.163. The van der Waals surface area contributed by atoms with E-state index in [1.165, 1.54) is 0 Å². The lowest BCUT2D eigenvalue weighted by Crippen LogP contribution is -2.19. The monoisotopic (exact) mass is 272 g/mol. The molecule has 94 valence electrons. The first kappa shape index (κ1) is 12.7. The van der Waals surface area contributed by atoms with E-state index in [1.807, 2.05) is 18.7 Å². The maximum atomic E-state index is 11.3. The van der Waals surface area contributed by atoms with Crippen LogP contribution < -0.4 is 10.5 Å². The van der Waals surface area contributed by atoms with Crippen molar-refractivity contribution in [2.24, 2.45) is 5.14 Å². The Hall–Kier alpha value is -0.720. The Labute approximate surface area is 106 Å². The van der Waals surface area contributed by atoms with E-state index >= 15 is 0 Å². The molecule has 0 amide bonds. The molecule has 0 aromatic heterocycles. The van der Waals surface area contributed by atoms with Crippen LogP contribution in [0.5, 0.6) is 0 Å². The number of thioether (sulfide) groups is 1. The normalized spacial score (nSPS) is 20.5. The molecule has 1 aliphatic heterocycles. The van der Waals surface area contributed by atoms with Gasteiger partial charge in [-0.15, -0.1) is 0 Å². The van der Waals surface area contributed by atoms with E-state index in [0.29, 0.717) is 6.04 Å². The van der Waals surface area contributed by atoms with Crippen LogP contribution in [0.15, 0.2) is 23.1 Å². The Morgan fingerprint density at radius 1 is 1.47 bits per heavy atom. The summed E-state index contributed by atoms with van der Waals surface area (Å²) in [5, 5.41) is 8.51. The number of benzene rings is 1. The van der Waals surface area contributed by atoms with Gasteiger partial charge in [0.05, 0.1) is 4.90 Å². The third-order valence-corrected chi connectivity index (χ3v) is 4.90. The first-order chi connectivity index (χ1) is 7.97. The van der Waals surface area contributed by atoms with Crippen molar-refractivity contribution in [3.63, 3.8) is 0 Å². The van der Waals surface area contributed by atoms with Crippen molar-refractivity contribution in [1.29, 1.82) is 0 Å².